The molecule has 0 bridgehead atoms. The van der Waals surface area contributed by atoms with E-state index < -0.39 is 0 Å². The highest BCUT2D eigenvalue weighted by Crippen LogP contribution is 2.48. The van der Waals surface area contributed by atoms with Crippen molar-refractivity contribution in [3.05, 3.63) is 64.1 Å². The van der Waals surface area contributed by atoms with Crippen molar-refractivity contribution in [2.75, 3.05) is 12.3 Å². The largest absolute Gasteiger partial charge is 0.399 e. The number of nitrogens with two attached hydrogens (primary N) is 1. The first kappa shape index (κ1) is 15.1. The van der Waals surface area contributed by atoms with Crippen LogP contribution in [-0.4, -0.2) is 12.5 Å². The van der Waals surface area contributed by atoms with Gasteiger partial charge in [-0.2, -0.15) is 0 Å². The fraction of sp³-hybridized carbons (Fsp3) is 0.278. The number of carbonyl (C=O) groups excluding carboxylic acids is 1. The lowest BCUT2D eigenvalue weighted by Crippen LogP contribution is -2.33. The summed E-state index contributed by atoms with van der Waals surface area (Å²) in [5.41, 5.74) is 8.78. The minimum atomic E-state index is 0.0612. The van der Waals surface area contributed by atoms with Crippen molar-refractivity contribution in [1.82, 2.24) is 5.32 Å². The minimum Gasteiger partial charge on any atom is -0.399 e. The quantitative estimate of drug-likeness (QED) is 0.804. The predicted molar refractivity (Wildman–Crippen MR) is 92.6 cm³/mol. The van der Waals surface area contributed by atoms with Crippen molar-refractivity contribution in [2.45, 2.75) is 24.7 Å². The van der Waals surface area contributed by atoms with Gasteiger partial charge in [-0.15, -0.1) is 0 Å². The smallest absolute Gasteiger partial charge is 0.224 e. The molecule has 2 aromatic rings. The third-order valence-corrected chi connectivity index (χ3v) is 4.75. The molecule has 0 radical (unpaired) electrons. The molecule has 0 spiro atoms. The molecule has 1 aliphatic carbocycles. The zero-order valence-corrected chi connectivity index (χ0v) is 13.9. The van der Waals surface area contributed by atoms with E-state index in [4.69, 9.17) is 5.73 Å². The Balaban J connectivity index is 1.58. The van der Waals surface area contributed by atoms with Crippen molar-refractivity contribution in [1.29, 1.82) is 0 Å². The molecule has 1 aliphatic rings. The minimum absolute atomic E-state index is 0.0612. The van der Waals surface area contributed by atoms with Crippen LogP contribution in [0, 0.1) is 0 Å². The van der Waals surface area contributed by atoms with E-state index in [1.165, 1.54) is 5.56 Å². The van der Waals surface area contributed by atoms with E-state index in [-0.39, 0.29) is 11.3 Å². The van der Waals surface area contributed by atoms with Gasteiger partial charge in [0.25, 0.3) is 0 Å². The van der Waals surface area contributed by atoms with Gasteiger partial charge >= 0.3 is 0 Å². The summed E-state index contributed by atoms with van der Waals surface area (Å²) >= 11 is 3.51. The molecule has 1 amide bonds. The number of amides is 1. The molecule has 0 aromatic heterocycles. The summed E-state index contributed by atoms with van der Waals surface area (Å²) in [4.78, 5) is 12.1. The molecule has 0 aliphatic heterocycles. The summed E-state index contributed by atoms with van der Waals surface area (Å²) in [5.74, 6) is 0.0612. The number of hydrogen-bond acceptors (Lipinski definition) is 2. The van der Waals surface area contributed by atoms with Crippen LogP contribution in [0.15, 0.2) is 53.0 Å². The highest BCUT2D eigenvalue weighted by molar-refractivity contribution is 9.10. The lowest BCUT2D eigenvalue weighted by Gasteiger charge is -2.17. The second kappa shape index (κ2) is 6.13. The molecular formula is C18H19BrN2O. The number of benzene rings is 2. The Labute approximate surface area is 139 Å². The molecule has 3 rings (SSSR count). The first-order valence-electron chi connectivity index (χ1n) is 7.45. The molecule has 0 unspecified atom stereocenters. The number of nitrogen functional groups attached to an aromatic ring is 1. The maximum Gasteiger partial charge on any atom is 0.224 e. The molecule has 3 nitrogen and oxygen atoms in total. The Morgan fingerprint density at radius 1 is 1.18 bits per heavy atom. The van der Waals surface area contributed by atoms with Crippen LogP contribution in [0.5, 0.6) is 0 Å². The molecule has 1 saturated carbocycles. The molecular weight excluding hydrogens is 340 g/mol. The normalized spacial score (nSPS) is 15.3. The highest BCUT2D eigenvalue weighted by Gasteiger charge is 2.44. The lowest BCUT2D eigenvalue weighted by molar-refractivity contribution is -0.120. The van der Waals surface area contributed by atoms with E-state index in [1.807, 2.05) is 30.3 Å². The first-order chi connectivity index (χ1) is 10.6. The Kier molecular flexibility index (Phi) is 4.21. The highest BCUT2D eigenvalue weighted by atomic mass is 79.9. The van der Waals surface area contributed by atoms with Crippen molar-refractivity contribution in [2.24, 2.45) is 0 Å². The number of halogens is 1. The summed E-state index contributed by atoms with van der Waals surface area (Å²) in [7, 11) is 0. The summed E-state index contributed by atoms with van der Waals surface area (Å²) in [5, 5.41) is 3.08. The van der Waals surface area contributed by atoms with Crippen LogP contribution in [0.1, 0.15) is 24.0 Å². The van der Waals surface area contributed by atoms with Crippen LogP contribution in [0.4, 0.5) is 5.69 Å². The molecule has 114 valence electrons. The fourth-order valence-electron chi connectivity index (χ4n) is 2.69. The second-order valence-electron chi connectivity index (χ2n) is 5.99. The lowest BCUT2D eigenvalue weighted by atomic mass is 9.96. The number of carbonyl (C=O) groups is 1. The van der Waals surface area contributed by atoms with Crippen molar-refractivity contribution < 1.29 is 4.79 Å². The van der Waals surface area contributed by atoms with Crippen LogP contribution in [0.3, 0.4) is 0 Å². The maximum atomic E-state index is 12.1. The second-order valence-corrected chi connectivity index (χ2v) is 6.90. The average molecular weight is 359 g/mol. The molecule has 0 atom stereocenters. The molecule has 0 heterocycles. The predicted octanol–water partition coefficient (Wildman–Crippen LogP) is 3.42. The Morgan fingerprint density at radius 3 is 2.55 bits per heavy atom. The summed E-state index contributed by atoms with van der Waals surface area (Å²) in [6, 6.07) is 15.8. The molecule has 0 saturated heterocycles. The van der Waals surface area contributed by atoms with E-state index in [0.717, 1.165) is 28.6 Å². The van der Waals surface area contributed by atoms with E-state index in [0.29, 0.717) is 13.0 Å². The van der Waals surface area contributed by atoms with Crippen LogP contribution in [0.25, 0.3) is 0 Å². The van der Waals surface area contributed by atoms with Crippen LogP contribution >= 0.6 is 15.9 Å². The van der Waals surface area contributed by atoms with E-state index in [9.17, 15) is 4.79 Å². The van der Waals surface area contributed by atoms with Crippen molar-refractivity contribution >= 4 is 27.5 Å². The van der Waals surface area contributed by atoms with Crippen molar-refractivity contribution in [3.8, 4) is 0 Å². The van der Waals surface area contributed by atoms with Crippen LogP contribution in [-0.2, 0) is 16.6 Å². The van der Waals surface area contributed by atoms with Gasteiger partial charge in [0.1, 0.15) is 0 Å². The zero-order valence-electron chi connectivity index (χ0n) is 12.3. The van der Waals surface area contributed by atoms with Gasteiger partial charge in [-0.3, -0.25) is 4.79 Å². The molecule has 3 N–H and O–H groups in total. The van der Waals surface area contributed by atoms with Gasteiger partial charge in [0.05, 0.1) is 6.42 Å². The number of nitrogens with one attached hydrogen (secondary N) is 1. The van der Waals surface area contributed by atoms with Gasteiger partial charge in [0.15, 0.2) is 0 Å². The molecule has 4 heteroatoms. The summed E-state index contributed by atoms with van der Waals surface area (Å²) in [6.07, 6.45) is 2.66. The zero-order chi connectivity index (χ0) is 15.6. The van der Waals surface area contributed by atoms with Gasteiger partial charge in [-0.05, 0) is 48.2 Å². The number of rotatable bonds is 5. The molecule has 1 fully saturated rings. The Morgan fingerprint density at radius 2 is 1.91 bits per heavy atom. The fourth-order valence-corrected chi connectivity index (χ4v) is 3.09. The SMILES string of the molecule is Nc1ccc(CC(=O)NCC2(c3cccc(Br)c3)CC2)cc1. The van der Waals surface area contributed by atoms with Gasteiger partial charge in [0.2, 0.25) is 5.91 Å². The third kappa shape index (κ3) is 3.50. The topological polar surface area (TPSA) is 55.1 Å². The van der Waals surface area contributed by atoms with E-state index >= 15 is 0 Å². The van der Waals surface area contributed by atoms with Gasteiger partial charge < -0.3 is 11.1 Å². The number of anilines is 1. The summed E-state index contributed by atoms with van der Waals surface area (Å²) < 4.78 is 1.09. The Bertz CT molecular complexity index is 678. The van der Waals surface area contributed by atoms with E-state index in [2.05, 4.69) is 39.4 Å². The van der Waals surface area contributed by atoms with Gasteiger partial charge in [-0.25, -0.2) is 0 Å². The van der Waals surface area contributed by atoms with Gasteiger partial charge in [0, 0.05) is 22.1 Å². The standard InChI is InChI=1S/C18H19BrN2O/c19-15-3-1-2-14(11-15)18(8-9-18)12-21-17(22)10-13-4-6-16(20)7-5-13/h1-7,11H,8-10,12,20H2,(H,21,22). The number of hydrogen-bond donors (Lipinski definition) is 2. The van der Waals surface area contributed by atoms with Crippen LogP contribution < -0.4 is 11.1 Å². The molecule has 2 aromatic carbocycles. The first-order valence-corrected chi connectivity index (χ1v) is 8.24. The molecule has 22 heavy (non-hydrogen) atoms. The third-order valence-electron chi connectivity index (χ3n) is 4.26. The average Bonchev–Trinajstić information content (AvgIpc) is 3.29. The Hall–Kier alpha value is -1.81. The van der Waals surface area contributed by atoms with E-state index in [1.54, 1.807) is 0 Å². The monoisotopic (exact) mass is 358 g/mol. The van der Waals surface area contributed by atoms with Crippen LogP contribution in [0.2, 0.25) is 0 Å². The summed E-state index contributed by atoms with van der Waals surface area (Å²) in [6.45, 7) is 0.706. The van der Waals surface area contributed by atoms with Crippen molar-refractivity contribution in [3.63, 3.8) is 0 Å². The maximum absolute atomic E-state index is 12.1. The van der Waals surface area contributed by atoms with Gasteiger partial charge in [-0.1, -0.05) is 40.2 Å².